The Bertz CT molecular complexity index is 1460. The molecule has 2 aliphatic rings. The molecule has 0 saturated heterocycles. The van der Waals surface area contributed by atoms with Gasteiger partial charge in [-0.15, -0.1) is 0 Å². The molecule has 2 heterocycles. The lowest BCUT2D eigenvalue weighted by molar-refractivity contribution is 0.0982. The monoisotopic (exact) mass is 531 g/mol. The number of allylic oxidation sites excluding steroid dienone is 2. The van der Waals surface area contributed by atoms with E-state index in [9.17, 15) is 14.9 Å². The number of hydrogen-bond acceptors (Lipinski definition) is 5. The minimum absolute atomic E-state index is 0.00528. The van der Waals surface area contributed by atoms with Crippen LogP contribution in [0.15, 0.2) is 53.0 Å². The van der Waals surface area contributed by atoms with Crippen molar-refractivity contribution in [3.05, 3.63) is 74.9 Å². The number of benzene rings is 1. The van der Waals surface area contributed by atoms with Crippen LogP contribution in [0.4, 0.5) is 0 Å². The van der Waals surface area contributed by atoms with Gasteiger partial charge in [0, 0.05) is 36.6 Å². The number of carbonyl (C=O) groups excluding carboxylic acids is 1. The second-order valence-corrected chi connectivity index (χ2v) is 11.1. The molecule has 0 aliphatic heterocycles. The van der Waals surface area contributed by atoms with Crippen molar-refractivity contribution >= 4 is 28.4 Å². The van der Waals surface area contributed by atoms with Crippen molar-refractivity contribution in [1.82, 2.24) is 19.4 Å². The van der Waals surface area contributed by atoms with E-state index in [2.05, 4.69) is 22.4 Å². The molecule has 1 unspecified atom stereocenters. The number of rotatable bonds is 8. The quantitative estimate of drug-likeness (QED) is 0.308. The van der Waals surface area contributed by atoms with Gasteiger partial charge in [-0.3, -0.25) is 18.9 Å². The number of aromatic nitrogens is 3. The SMILES string of the molecule is Cc1ncc(Cl)cc1C(=O)CN[C@H]1CC[C@H](Cn2c(=O)n(CC3=CCCCC3C#N)c3ccccc32)CC1. The average molecular weight is 532 g/mol. The molecule has 3 aromatic rings. The zero-order chi connectivity index (χ0) is 26.6. The van der Waals surface area contributed by atoms with Gasteiger partial charge in [0.05, 0.1) is 34.6 Å². The van der Waals surface area contributed by atoms with Crippen molar-refractivity contribution < 1.29 is 4.79 Å². The Kier molecular flexibility index (Phi) is 8.11. The molecule has 198 valence electrons. The number of Topliss-reactive ketones (excluding diaryl/α,β-unsaturated/α-hetero) is 1. The first kappa shape index (κ1) is 26.4. The highest BCUT2D eigenvalue weighted by molar-refractivity contribution is 6.30. The second kappa shape index (κ2) is 11.7. The Hall–Kier alpha value is -3.21. The highest BCUT2D eigenvalue weighted by Gasteiger charge is 2.25. The van der Waals surface area contributed by atoms with Crippen LogP contribution in [0, 0.1) is 30.1 Å². The van der Waals surface area contributed by atoms with Gasteiger partial charge in [0.25, 0.3) is 0 Å². The maximum absolute atomic E-state index is 13.6. The summed E-state index contributed by atoms with van der Waals surface area (Å²) >= 11 is 6.03. The largest absolute Gasteiger partial charge is 0.329 e. The zero-order valence-electron chi connectivity index (χ0n) is 21.8. The molecule has 0 amide bonds. The summed E-state index contributed by atoms with van der Waals surface area (Å²) in [5.41, 5.74) is 4.22. The van der Waals surface area contributed by atoms with Gasteiger partial charge >= 0.3 is 5.69 Å². The second-order valence-electron chi connectivity index (χ2n) is 10.7. The van der Waals surface area contributed by atoms with E-state index in [1.165, 1.54) is 0 Å². The molecular weight excluding hydrogens is 498 g/mol. The lowest BCUT2D eigenvalue weighted by Gasteiger charge is -2.29. The zero-order valence-corrected chi connectivity index (χ0v) is 22.6. The van der Waals surface area contributed by atoms with E-state index < -0.39 is 0 Å². The molecule has 5 rings (SSSR count). The molecule has 7 nitrogen and oxygen atoms in total. The van der Waals surface area contributed by atoms with Crippen LogP contribution in [0.2, 0.25) is 5.02 Å². The van der Waals surface area contributed by atoms with Gasteiger partial charge in [0.15, 0.2) is 5.78 Å². The highest BCUT2D eigenvalue weighted by Crippen LogP contribution is 2.29. The van der Waals surface area contributed by atoms with Crippen molar-refractivity contribution in [2.24, 2.45) is 11.8 Å². The summed E-state index contributed by atoms with van der Waals surface area (Å²) < 4.78 is 3.78. The topological polar surface area (TPSA) is 92.7 Å². The van der Waals surface area contributed by atoms with E-state index in [1.807, 2.05) is 40.3 Å². The first-order chi connectivity index (χ1) is 18.4. The van der Waals surface area contributed by atoms with Gasteiger partial charge in [-0.1, -0.05) is 29.8 Å². The lowest BCUT2D eigenvalue weighted by atomic mass is 9.86. The third-order valence-corrected chi connectivity index (χ3v) is 8.37. The summed E-state index contributed by atoms with van der Waals surface area (Å²) in [6.07, 6.45) is 10.5. The Balaban J connectivity index is 1.23. The predicted octanol–water partition coefficient (Wildman–Crippen LogP) is 5.44. The number of carbonyl (C=O) groups is 1. The minimum Gasteiger partial charge on any atom is -0.307 e. The molecule has 2 aliphatic carbocycles. The summed E-state index contributed by atoms with van der Waals surface area (Å²) in [5.74, 6) is 0.304. The van der Waals surface area contributed by atoms with E-state index in [1.54, 1.807) is 12.3 Å². The third-order valence-electron chi connectivity index (χ3n) is 8.17. The molecule has 38 heavy (non-hydrogen) atoms. The van der Waals surface area contributed by atoms with Gasteiger partial charge in [0.1, 0.15) is 0 Å². The molecule has 0 radical (unpaired) electrons. The Morgan fingerprint density at radius 1 is 1.16 bits per heavy atom. The highest BCUT2D eigenvalue weighted by atomic mass is 35.5. The molecule has 1 atom stereocenters. The molecule has 1 saturated carbocycles. The van der Waals surface area contributed by atoms with E-state index in [0.29, 0.717) is 35.3 Å². The molecule has 1 aromatic carbocycles. The maximum atomic E-state index is 13.6. The lowest BCUT2D eigenvalue weighted by Crippen LogP contribution is -2.38. The van der Waals surface area contributed by atoms with E-state index in [4.69, 9.17) is 11.6 Å². The predicted molar refractivity (Wildman–Crippen MR) is 149 cm³/mol. The first-order valence-electron chi connectivity index (χ1n) is 13.6. The average Bonchev–Trinajstić information content (AvgIpc) is 3.20. The van der Waals surface area contributed by atoms with Gasteiger partial charge < -0.3 is 5.32 Å². The summed E-state index contributed by atoms with van der Waals surface area (Å²) in [7, 11) is 0. The molecule has 0 spiro atoms. The van der Waals surface area contributed by atoms with Crippen LogP contribution in [0.3, 0.4) is 0 Å². The number of imidazole rings is 1. The number of nitrogens with zero attached hydrogens (tertiary/aromatic N) is 4. The van der Waals surface area contributed by atoms with Crippen molar-refractivity contribution in [2.45, 2.75) is 71.0 Å². The van der Waals surface area contributed by atoms with Crippen LogP contribution in [-0.4, -0.2) is 32.5 Å². The minimum atomic E-state index is -0.105. The molecule has 1 fully saturated rings. The van der Waals surface area contributed by atoms with E-state index in [-0.39, 0.29) is 30.0 Å². The van der Waals surface area contributed by atoms with Crippen LogP contribution < -0.4 is 11.0 Å². The van der Waals surface area contributed by atoms with Crippen LogP contribution in [0.1, 0.15) is 61.0 Å². The number of halogens is 1. The van der Waals surface area contributed by atoms with E-state index in [0.717, 1.165) is 61.6 Å². The summed E-state index contributed by atoms with van der Waals surface area (Å²) in [6.45, 7) is 3.26. The number of fused-ring (bicyclic) bond motifs is 1. The van der Waals surface area contributed by atoms with Gasteiger partial charge in [-0.05, 0) is 81.6 Å². The number of pyridine rings is 1. The molecule has 2 aromatic heterocycles. The molecule has 0 bridgehead atoms. The number of hydrogen-bond donors (Lipinski definition) is 1. The Morgan fingerprint density at radius 2 is 1.89 bits per heavy atom. The van der Waals surface area contributed by atoms with Crippen molar-refractivity contribution in [3.8, 4) is 6.07 Å². The normalized spacial score (nSPS) is 21.7. The molecule has 8 heteroatoms. The fraction of sp³-hybridized carbons (Fsp3) is 0.467. The number of aryl methyl sites for hydroxylation is 1. The number of nitriles is 1. The van der Waals surface area contributed by atoms with Crippen LogP contribution in [-0.2, 0) is 13.1 Å². The Labute approximate surface area is 228 Å². The molecule has 1 N–H and O–H groups in total. The summed E-state index contributed by atoms with van der Waals surface area (Å²) in [5, 5.41) is 13.5. The summed E-state index contributed by atoms with van der Waals surface area (Å²) in [4.78, 5) is 30.5. The summed E-state index contributed by atoms with van der Waals surface area (Å²) in [6, 6.07) is 12.4. The van der Waals surface area contributed by atoms with Crippen molar-refractivity contribution in [2.75, 3.05) is 6.54 Å². The van der Waals surface area contributed by atoms with Gasteiger partial charge in [-0.2, -0.15) is 5.26 Å². The maximum Gasteiger partial charge on any atom is 0.329 e. The first-order valence-corrected chi connectivity index (χ1v) is 14.0. The number of ketones is 1. The van der Waals surface area contributed by atoms with Crippen LogP contribution in [0.5, 0.6) is 0 Å². The fourth-order valence-electron chi connectivity index (χ4n) is 5.97. The van der Waals surface area contributed by atoms with Gasteiger partial charge in [0.2, 0.25) is 0 Å². The van der Waals surface area contributed by atoms with Crippen molar-refractivity contribution in [3.63, 3.8) is 0 Å². The third kappa shape index (κ3) is 5.62. The smallest absolute Gasteiger partial charge is 0.307 e. The standard InChI is InChI=1S/C30H34ClN5O2/c1-20-26(14-24(31)16-33-20)29(37)17-34-25-12-10-21(11-13-25)18-35-27-8-4-5-9-28(27)36(30(35)38)19-23-7-3-2-6-22(23)15-32/h4-5,7-9,14,16,21-22,25,34H,2-3,6,10-13,17-19H2,1H3/t21-,22?,25-. The fourth-order valence-corrected chi connectivity index (χ4v) is 6.13. The van der Waals surface area contributed by atoms with Crippen LogP contribution >= 0.6 is 11.6 Å². The number of para-hydroxylation sites is 2. The van der Waals surface area contributed by atoms with Crippen LogP contribution in [0.25, 0.3) is 11.0 Å². The Morgan fingerprint density at radius 3 is 2.63 bits per heavy atom. The number of nitrogens with one attached hydrogen (secondary N) is 1. The van der Waals surface area contributed by atoms with Gasteiger partial charge in [-0.25, -0.2) is 4.79 Å². The van der Waals surface area contributed by atoms with E-state index >= 15 is 0 Å². The van der Waals surface area contributed by atoms with Crippen molar-refractivity contribution in [1.29, 1.82) is 5.26 Å². The molecular formula is C30H34ClN5O2.